The topological polar surface area (TPSA) is 98.1 Å². The van der Waals surface area contributed by atoms with Crippen LogP contribution in [0.5, 0.6) is 0 Å². The maximum Gasteiger partial charge on any atom is 0.490 e. The molecule has 1 fully saturated rings. The van der Waals surface area contributed by atoms with E-state index in [1.807, 2.05) is 4.90 Å². The monoisotopic (exact) mass is 343 g/mol. The largest absolute Gasteiger partial charge is 0.490 e. The van der Waals surface area contributed by atoms with Gasteiger partial charge in [-0.25, -0.2) is 4.79 Å². The van der Waals surface area contributed by atoms with Gasteiger partial charge in [-0.15, -0.1) is 0 Å². The van der Waals surface area contributed by atoms with Gasteiger partial charge in [0.25, 0.3) is 0 Å². The molecule has 0 radical (unpaired) electrons. The van der Waals surface area contributed by atoms with E-state index in [1.54, 1.807) is 0 Å². The molecule has 1 heterocycles. The Morgan fingerprint density at radius 1 is 1.17 bits per heavy atom. The van der Waals surface area contributed by atoms with Gasteiger partial charge in [-0.1, -0.05) is 13.8 Å². The predicted octanol–water partition coefficient (Wildman–Crippen LogP) is 1.97. The van der Waals surface area contributed by atoms with E-state index < -0.39 is 18.1 Å². The Kier molecular flexibility index (Phi) is 8.54. The maximum absolute atomic E-state index is 11.1. The lowest BCUT2D eigenvalue weighted by Gasteiger charge is -2.35. The fourth-order valence-corrected chi connectivity index (χ4v) is 2.47. The average Bonchev–Trinajstić information content (AvgIpc) is 2.92. The number of aliphatic hydroxyl groups excluding tert-OH is 1. The molecule has 3 N–H and O–H groups in total. The average molecular weight is 343 g/mol. The van der Waals surface area contributed by atoms with Gasteiger partial charge in [0.15, 0.2) is 0 Å². The van der Waals surface area contributed by atoms with Crippen LogP contribution in [0.25, 0.3) is 0 Å². The van der Waals surface area contributed by atoms with E-state index in [0.29, 0.717) is 6.54 Å². The molecule has 1 rings (SSSR count). The second kappa shape index (κ2) is 9.07. The summed E-state index contributed by atoms with van der Waals surface area (Å²) in [5, 5.41) is 25.7. The number of carbonyl (C=O) groups is 2. The van der Waals surface area contributed by atoms with Gasteiger partial charge in [0.05, 0.1) is 0 Å². The summed E-state index contributed by atoms with van der Waals surface area (Å²) in [4.78, 5) is 22.0. The SMILES string of the molecule is CCC(CC)(CO)CN1CCCC1C(=O)O.O=C(O)C(F)(F)F. The lowest BCUT2D eigenvalue weighted by molar-refractivity contribution is -0.192. The summed E-state index contributed by atoms with van der Waals surface area (Å²) in [7, 11) is 0. The first-order chi connectivity index (χ1) is 10.5. The van der Waals surface area contributed by atoms with Crippen LogP contribution in [-0.2, 0) is 9.59 Å². The van der Waals surface area contributed by atoms with Crippen molar-refractivity contribution in [1.82, 2.24) is 4.90 Å². The normalized spacial score (nSPS) is 19.1. The van der Waals surface area contributed by atoms with Crippen LogP contribution in [0, 0.1) is 5.41 Å². The highest BCUT2D eigenvalue weighted by molar-refractivity contribution is 5.73. The number of likely N-dealkylation sites (tertiary alicyclic amines) is 1. The Hall–Kier alpha value is -1.35. The van der Waals surface area contributed by atoms with Crippen LogP contribution in [0.3, 0.4) is 0 Å². The lowest BCUT2D eigenvalue weighted by atomic mass is 9.82. The molecule has 0 amide bonds. The standard InChI is InChI=1S/C12H23NO3.C2HF3O2/c1-3-12(4-2,9-14)8-13-7-5-6-10(13)11(15)16;3-2(4,5)1(6)7/h10,14H,3-9H2,1-2H3,(H,15,16);(H,6,7). The van der Waals surface area contributed by atoms with Crippen molar-refractivity contribution in [2.45, 2.75) is 51.7 Å². The van der Waals surface area contributed by atoms with Crippen molar-refractivity contribution in [2.75, 3.05) is 19.7 Å². The van der Waals surface area contributed by atoms with Gasteiger partial charge in [-0.3, -0.25) is 9.69 Å². The van der Waals surface area contributed by atoms with Crippen LogP contribution < -0.4 is 0 Å². The molecule has 0 bridgehead atoms. The number of carboxylic acid groups (broad SMARTS) is 2. The number of alkyl halides is 3. The van der Waals surface area contributed by atoms with Crippen LogP contribution in [0.15, 0.2) is 0 Å². The minimum absolute atomic E-state index is 0.127. The molecular weight excluding hydrogens is 319 g/mol. The summed E-state index contributed by atoms with van der Waals surface area (Å²) < 4.78 is 31.7. The second-order valence-corrected chi connectivity index (χ2v) is 5.63. The van der Waals surface area contributed by atoms with Crippen LogP contribution >= 0.6 is 0 Å². The number of hydrogen-bond donors (Lipinski definition) is 3. The van der Waals surface area contributed by atoms with E-state index in [-0.39, 0.29) is 18.1 Å². The number of carboxylic acids is 2. The Morgan fingerprint density at radius 3 is 1.96 bits per heavy atom. The molecule has 9 heteroatoms. The van der Waals surface area contributed by atoms with Crippen LogP contribution in [0.2, 0.25) is 0 Å². The van der Waals surface area contributed by atoms with Gasteiger partial charge in [-0.2, -0.15) is 13.2 Å². The van der Waals surface area contributed by atoms with Crippen molar-refractivity contribution in [2.24, 2.45) is 5.41 Å². The van der Waals surface area contributed by atoms with Gasteiger partial charge in [0.2, 0.25) is 0 Å². The molecule has 0 aromatic rings. The number of halogens is 3. The number of hydrogen-bond acceptors (Lipinski definition) is 4. The maximum atomic E-state index is 11.1. The molecule has 0 aliphatic carbocycles. The van der Waals surface area contributed by atoms with Crippen molar-refractivity contribution in [1.29, 1.82) is 0 Å². The van der Waals surface area contributed by atoms with Crippen LogP contribution in [0.4, 0.5) is 13.2 Å². The highest BCUT2D eigenvalue weighted by atomic mass is 19.4. The van der Waals surface area contributed by atoms with Gasteiger partial charge >= 0.3 is 18.1 Å². The molecule has 0 aromatic heterocycles. The third kappa shape index (κ3) is 6.74. The Balaban J connectivity index is 0.000000585. The van der Waals surface area contributed by atoms with Gasteiger partial charge in [-0.05, 0) is 32.2 Å². The minimum atomic E-state index is -5.08. The van der Waals surface area contributed by atoms with Crippen molar-refractivity contribution >= 4 is 11.9 Å². The fourth-order valence-electron chi connectivity index (χ4n) is 2.47. The molecule has 136 valence electrons. The highest BCUT2D eigenvalue weighted by Crippen LogP contribution is 2.30. The summed E-state index contributed by atoms with van der Waals surface area (Å²) in [6.07, 6.45) is -1.61. The summed E-state index contributed by atoms with van der Waals surface area (Å²) in [5.41, 5.74) is -0.127. The Labute approximate surface area is 132 Å². The van der Waals surface area contributed by atoms with E-state index in [4.69, 9.17) is 15.0 Å². The molecule has 0 spiro atoms. The molecule has 1 aliphatic rings. The van der Waals surface area contributed by atoms with Crippen molar-refractivity contribution < 1.29 is 38.1 Å². The minimum Gasteiger partial charge on any atom is -0.480 e. The summed E-state index contributed by atoms with van der Waals surface area (Å²) in [6.45, 7) is 5.81. The molecule has 6 nitrogen and oxygen atoms in total. The first-order valence-electron chi connectivity index (χ1n) is 7.40. The van der Waals surface area contributed by atoms with Crippen LogP contribution in [-0.4, -0.2) is 64.1 Å². The Bertz CT molecular complexity index is 388. The zero-order chi connectivity index (χ0) is 18.3. The molecule has 0 aromatic carbocycles. The van der Waals surface area contributed by atoms with Gasteiger partial charge in [0.1, 0.15) is 6.04 Å². The summed E-state index contributed by atoms with van der Waals surface area (Å²) >= 11 is 0. The molecular formula is C14H24F3NO5. The lowest BCUT2D eigenvalue weighted by Crippen LogP contribution is -2.44. The van der Waals surface area contributed by atoms with E-state index >= 15 is 0 Å². The quantitative estimate of drug-likeness (QED) is 0.682. The van der Waals surface area contributed by atoms with E-state index in [9.17, 15) is 23.1 Å². The smallest absolute Gasteiger partial charge is 0.480 e. The number of aliphatic hydroxyl groups is 1. The number of nitrogens with zero attached hydrogens (tertiary/aromatic N) is 1. The van der Waals surface area contributed by atoms with E-state index in [2.05, 4.69) is 13.8 Å². The van der Waals surface area contributed by atoms with E-state index in [1.165, 1.54) is 0 Å². The molecule has 1 atom stereocenters. The molecule has 23 heavy (non-hydrogen) atoms. The summed E-state index contributed by atoms with van der Waals surface area (Å²) in [5.74, 6) is -3.48. The van der Waals surface area contributed by atoms with Crippen molar-refractivity contribution in [3.8, 4) is 0 Å². The zero-order valence-electron chi connectivity index (χ0n) is 13.3. The first-order valence-corrected chi connectivity index (χ1v) is 7.40. The molecule has 0 saturated carbocycles. The summed E-state index contributed by atoms with van der Waals surface area (Å²) in [6, 6.07) is -0.343. The van der Waals surface area contributed by atoms with Crippen molar-refractivity contribution in [3.63, 3.8) is 0 Å². The highest BCUT2D eigenvalue weighted by Gasteiger charge is 2.38. The van der Waals surface area contributed by atoms with Gasteiger partial charge < -0.3 is 15.3 Å². The zero-order valence-corrected chi connectivity index (χ0v) is 13.3. The van der Waals surface area contributed by atoms with Crippen molar-refractivity contribution in [3.05, 3.63) is 0 Å². The second-order valence-electron chi connectivity index (χ2n) is 5.63. The fraction of sp³-hybridized carbons (Fsp3) is 0.857. The van der Waals surface area contributed by atoms with Gasteiger partial charge in [0, 0.05) is 18.6 Å². The van der Waals surface area contributed by atoms with Crippen LogP contribution in [0.1, 0.15) is 39.5 Å². The molecule has 1 unspecified atom stereocenters. The molecule has 1 aliphatic heterocycles. The number of rotatable bonds is 6. The number of aliphatic carboxylic acids is 2. The first kappa shape index (κ1) is 21.6. The Morgan fingerprint density at radius 2 is 1.65 bits per heavy atom. The van der Waals surface area contributed by atoms with E-state index in [0.717, 1.165) is 32.2 Å². The third-order valence-electron chi connectivity index (χ3n) is 4.27. The predicted molar refractivity (Wildman–Crippen MR) is 76.0 cm³/mol. The third-order valence-corrected chi connectivity index (χ3v) is 4.27. The molecule has 1 saturated heterocycles.